The van der Waals surface area contributed by atoms with E-state index in [1.165, 1.54) is 0 Å². The second kappa shape index (κ2) is 8.63. The highest BCUT2D eigenvalue weighted by Gasteiger charge is 2.25. The van der Waals surface area contributed by atoms with Crippen LogP contribution in [0, 0.1) is 0 Å². The first-order valence-corrected chi connectivity index (χ1v) is 9.51. The summed E-state index contributed by atoms with van der Waals surface area (Å²) in [6.07, 6.45) is 7.08. The van der Waals surface area contributed by atoms with Crippen LogP contribution >= 0.6 is 0 Å². The Bertz CT molecular complexity index is 1090. The fourth-order valence-corrected chi connectivity index (χ4v) is 3.78. The number of pyridine rings is 2. The third kappa shape index (κ3) is 4.31. The van der Waals surface area contributed by atoms with Crippen molar-refractivity contribution in [3.63, 3.8) is 0 Å². The molecule has 4 aromatic rings. The second-order valence-corrected chi connectivity index (χ2v) is 6.98. The number of carbonyl (C=O) groups excluding carboxylic acids is 1. The maximum absolute atomic E-state index is 12.0. The number of carbonyl (C=O) groups is 1. The van der Waals surface area contributed by atoms with Gasteiger partial charge in [-0.1, -0.05) is 42.5 Å². The Balaban J connectivity index is 1.87. The Morgan fingerprint density at radius 1 is 0.862 bits per heavy atom. The van der Waals surface area contributed by atoms with E-state index in [4.69, 9.17) is 5.73 Å². The zero-order chi connectivity index (χ0) is 20.1. The number of aromatic nitrogens is 2. The van der Waals surface area contributed by atoms with Gasteiger partial charge in [-0.05, 0) is 51.7 Å². The first-order chi connectivity index (χ1) is 14.2. The van der Waals surface area contributed by atoms with Gasteiger partial charge < -0.3 is 5.73 Å². The highest BCUT2D eigenvalue weighted by molar-refractivity contribution is 5.86. The van der Waals surface area contributed by atoms with Crippen molar-refractivity contribution >= 4 is 16.7 Å². The van der Waals surface area contributed by atoms with Crippen LogP contribution in [0.1, 0.15) is 22.7 Å². The van der Waals surface area contributed by atoms with Gasteiger partial charge >= 0.3 is 0 Å². The van der Waals surface area contributed by atoms with Gasteiger partial charge in [0.15, 0.2) is 0 Å². The first kappa shape index (κ1) is 18.8. The van der Waals surface area contributed by atoms with Crippen molar-refractivity contribution < 1.29 is 4.79 Å². The maximum Gasteiger partial charge on any atom is 0.231 e. The maximum atomic E-state index is 12.0. The van der Waals surface area contributed by atoms with E-state index in [1.807, 2.05) is 36.4 Å². The molecule has 29 heavy (non-hydrogen) atoms. The van der Waals surface area contributed by atoms with Gasteiger partial charge in [-0.2, -0.15) is 0 Å². The standard InChI is InChI=1S/C24H22N4O/c25-23(29)17-28(16-18-8-12-26-13-9-18)24(20-10-14-27-15-11-20)22-7-3-5-19-4-1-2-6-21(19)22/h1-15,24H,16-17H2,(H2,25,29). The molecule has 0 saturated heterocycles. The van der Waals surface area contributed by atoms with Crippen LogP contribution in [0.25, 0.3) is 10.8 Å². The molecule has 5 heteroatoms. The van der Waals surface area contributed by atoms with Crippen molar-refractivity contribution in [3.8, 4) is 0 Å². The lowest BCUT2D eigenvalue weighted by Crippen LogP contribution is -2.37. The smallest absolute Gasteiger partial charge is 0.231 e. The quantitative estimate of drug-likeness (QED) is 0.529. The lowest BCUT2D eigenvalue weighted by atomic mass is 9.92. The van der Waals surface area contributed by atoms with Gasteiger partial charge in [0.25, 0.3) is 0 Å². The van der Waals surface area contributed by atoms with Crippen LogP contribution in [0.2, 0.25) is 0 Å². The lowest BCUT2D eigenvalue weighted by Gasteiger charge is -2.32. The number of nitrogens with two attached hydrogens (primary N) is 1. The number of hydrogen-bond donors (Lipinski definition) is 1. The fraction of sp³-hybridized carbons (Fsp3) is 0.125. The van der Waals surface area contributed by atoms with E-state index in [1.54, 1.807) is 24.8 Å². The van der Waals surface area contributed by atoms with Crippen LogP contribution < -0.4 is 5.73 Å². The summed E-state index contributed by atoms with van der Waals surface area (Å²) in [7, 11) is 0. The highest BCUT2D eigenvalue weighted by atomic mass is 16.1. The lowest BCUT2D eigenvalue weighted by molar-refractivity contribution is -0.119. The zero-order valence-corrected chi connectivity index (χ0v) is 16.0. The van der Waals surface area contributed by atoms with E-state index in [0.29, 0.717) is 6.54 Å². The zero-order valence-electron chi connectivity index (χ0n) is 16.0. The van der Waals surface area contributed by atoms with Crippen molar-refractivity contribution in [1.82, 2.24) is 14.9 Å². The number of fused-ring (bicyclic) bond motifs is 1. The highest BCUT2D eigenvalue weighted by Crippen LogP contribution is 2.34. The molecule has 0 fully saturated rings. The third-order valence-electron chi connectivity index (χ3n) is 5.00. The summed E-state index contributed by atoms with van der Waals surface area (Å²) in [6.45, 7) is 0.709. The molecule has 2 aromatic heterocycles. The molecule has 0 aliphatic rings. The SMILES string of the molecule is NC(=O)CN(Cc1ccncc1)C(c1ccncc1)c1cccc2ccccc12. The van der Waals surface area contributed by atoms with E-state index in [9.17, 15) is 4.79 Å². The molecule has 2 aromatic carbocycles. The van der Waals surface area contributed by atoms with Gasteiger partial charge in [0.2, 0.25) is 5.91 Å². The van der Waals surface area contributed by atoms with Crippen LogP contribution in [-0.4, -0.2) is 27.3 Å². The topological polar surface area (TPSA) is 72.1 Å². The molecule has 1 unspecified atom stereocenters. The van der Waals surface area contributed by atoms with Gasteiger partial charge in [0.05, 0.1) is 12.6 Å². The van der Waals surface area contributed by atoms with E-state index >= 15 is 0 Å². The Kier molecular flexibility index (Phi) is 5.59. The number of hydrogen-bond acceptors (Lipinski definition) is 4. The normalized spacial score (nSPS) is 12.2. The van der Waals surface area contributed by atoms with E-state index in [-0.39, 0.29) is 18.5 Å². The fourth-order valence-electron chi connectivity index (χ4n) is 3.78. The number of amides is 1. The molecule has 2 N–H and O–H groups in total. The largest absolute Gasteiger partial charge is 0.369 e. The minimum absolute atomic E-state index is 0.137. The van der Waals surface area contributed by atoms with Gasteiger partial charge in [-0.15, -0.1) is 0 Å². The molecule has 0 bridgehead atoms. The molecule has 1 atom stereocenters. The van der Waals surface area contributed by atoms with Crippen molar-refractivity contribution in [2.24, 2.45) is 5.73 Å². The minimum atomic E-state index is -0.363. The molecular formula is C24H22N4O. The summed E-state index contributed by atoms with van der Waals surface area (Å²) in [5, 5.41) is 2.31. The molecule has 1 amide bonds. The Morgan fingerprint density at radius 2 is 1.52 bits per heavy atom. The van der Waals surface area contributed by atoms with Gasteiger partial charge in [-0.25, -0.2) is 0 Å². The van der Waals surface area contributed by atoms with Crippen LogP contribution in [0.5, 0.6) is 0 Å². The molecule has 5 nitrogen and oxygen atoms in total. The Morgan fingerprint density at radius 3 is 2.24 bits per heavy atom. The molecular weight excluding hydrogens is 360 g/mol. The van der Waals surface area contributed by atoms with Crippen molar-refractivity contribution in [2.45, 2.75) is 12.6 Å². The summed E-state index contributed by atoms with van der Waals surface area (Å²) in [5.41, 5.74) is 8.91. The van der Waals surface area contributed by atoms with E-state index in [2.05, 4.69) is 45.2 Å². The van der Waals surface area contributed by atoms with Crippen molar-refractivity contribution in [2.75, 3.05) is 6.54 Å². The average molecular weight is 382 g/mol. The number of nitrogens with zero attached hydrogens (tertiary/aromatic N) is 3. The molecule has 4 rings (SSSR count). The summed E-state index contributed by atoms with van der Waals surface area (Å²) < 4.78 is 0. The van der Waals surface area contributed by atoms with Gasteiger partial charge in [0, 0.05) is 31.3 Å². The van der Waals surface area contributed by atoms with Crippen molar-refractivity contribution in [1.29, 1.82) is 0 Å². The summed E-state index contributed by atoms with van der Waals surface area (Å²) in [6, 6.07) is 22.3. The second-order valence-electron chi connectivity index (χ2n) is 6.98. The third-order valence-corrected chi connectivity index (χ3v) is 5.00. The van der Waals surface area contributed by atoms with E-state index < -0.39 is 0 Å². The molecule has 144 valence electrons. The van der Waals surface area contributed by atoms with Crippen LogP contribution in [0.3, 0.4) is 0 Å². The van der Waals surface area contributed by atoms with Crippen LogP contribution in [0.15, 0.2) is 91.5 Å². The molecule has 2 heterocycles. The molecule has 0 spiro atoms. The number of rotatable bonds is 7. The summed E-state index contributed by atoms with van der Waals surface area (Å²) >= 11 is 0. The Hall–Kier alpha value is -3.57. The minimum Gasteiger partial charge on any atom is -0.369 e. The van der Waals surface area contributed by atoms with Crippen molar-refractivity contribution in [3.05, 3.63) is 108 Å². The van der Waals surface area contributed by atoms with Crippen LogP contribution in [-0.2, 0) is 11.3 Å². The predicted octanol–water partition coefficient (Wildman–Crippen LogP) is 3.71. The summed E-state index contributed by atoms with van der Waals surface area (Å²) in [4.78, 5) is 22.4. The first-order valence-electron chi connectivity index (χ1n) is 9.51. The Labute approximate surface area is 169 Å². The monoisotopic (exact) mass is 382 g/mol. The molecule has 0 radical (unpaired) electrons. The molecule has 0 aliphatic carbocycles. The summed E-state index contributed by atoms with van der Waals surface area (Å²) in [5.74, 6) is -0.363. The van der Waals surface area contributed by atoms with Gasteiger partial charge in [0.1, 0.15) is 0 Å². The number of primary amides is 1. The van der Waals surface area contributed by atoms with E-state index in [0.717, 1.165) is 27.5 Å². The predicted molar refractivity (Wildman–Crippen MR) is 114 cm³/mol. The number of benzene rings is 2. The van der Waals surface area contributed by atoms with Gasteiger partial charge in [-0.3, -0.25) is 19.7 Å². The molecule has 0 aliphatic heterocycles. The average Bonchev–Trinajstić information content (AvgIpc) is 2.75. The molecule has 0 saturated carbocycles. The van der Waals surface area contributed by atoms with Crippen LogP contribution in [0.4, 0.5) is 0 Å².